The Morgan fingerprint density at radius 2 is 2.00 bits per heavy atom. The second-order valence-corrected chi connectivity index (χ2v) is 3.47. The molecule has 2 heteroatoms. The van der Waals surface area contributed by atoms with Crippen LogP contribution in [0.1, 0.15) is 0 Å². The van der Waals surface area contributed by atoms with Crippen LogP contribution in [0.2, 0.25) is 0 Å². The summed E-state index contributed by atoms with van der Waals surface area (Å²) in [6, 6.07) is 10.3. The lowest BCUT2D eigenvalue weighted by Gasteiger charge is -2.20. The van der Waals surface area contributed by atoms with Crippen molar-refractivity contribution in [1.82, 2.24) is 5.32 Å². The van der Waals surface area contributed by atoms with Crippen LogP contribution in [0, 0.1) is 0 Å². The summed E-state index contributed by atoms with van der Waals surface area (Å²) in [5.41, 5.74) is 2.42. The van der Waals surface area contributed by atoms with E-state index in [1.54, 1.807) is 0 Å². The van der Waals surface area contributed by atoms with Gasteiger partial charge in [0.1, 0.15) is 0 Å². The van der Waals surface area contributed by atoms with Gasteiger partial charge in [0.25, 0.3) is 0 Å². The van der Waals surface area contributed by atoms with Gasteiger partial charge in [-0.15, -0.1) is 0 Å². The topological polar surface area (TPSA) is 15.3 Å². The van der Waals surface area contributed by atoms with Crippen molar-refractivity contribution in [2.75, 3.05) is 32.1 Å². The summed E-state index contributed by atoms with van der Waals surface area (Å²) < 4.78 is 0. The Bertz CT molecular complexity index is 280. The minimum absolute atomic E-state index is 0.872. The van der Waals surface area contributed by atoms with E-state index in [4.69, 9.17) is 0 Å². The molecule has 2 nitrogen and oxygen atoms in total. The number of rotatable bonds is 5. The molecule has 0 heterocycles. The Balaban J connectivity index is 2.50. The minimum atomic E-state index is 0.872. The van der Waals surface area contributed by atoms with Crippen molar-refractivity contribution in [2.45, 2.75) is 0 Å². The molecule has 1 aromatic rings. The van der Waals surface area contributed by atoms with E-state index < -0.39 is 0 Å². The average Bonchev–Trinajstić information content (AvgIpc) is 2.19. The second-order valence-electron chi connectivity index (χ2n) is 3.47. The first kappa shape index (κ1) is 10.8. The summed E-state index contributed by atoms with van der Waals surface area (Å²) in [6.07, 6.45) is 0. The molecule has 0 aliphatic rings. The van der Waals surface area contributed by atoms with Crippen LogP contribution in [0.25, 0.3) is 0 Å². The Kier molecular flexibility index (Phi) is 4.20. The first-order valence-corrected chi connectivity index (χ1v) is 4.81. The van der Waals surface area contributed by atoms with Gasteiger partial charge in [0.15, 0.2) is 0 Å². The lowest BCUT2D eigenvalue weighted by molar-refractivity contribution is 0.840. The standard InChI is InChI=1S/C12H18N2/c1-11(9-13-2)10-14(3)12-7-5-4-6-8-12/h4-8,13H,1,9-10H2,2-3H3. The molecule has 0 saturated carbocycles. The zero-order valence-electron chi connectivity index (χ0n) is 8.96. The maximum Gasteiger partial charge on any atom is 0.0395 e. The summed E-state index contributed by atoms with van der Waals surface area (Å²) in [4.78, 5) is 2.19. The second kappa shape index (κ2) is 5.45. The van der Waals surface area contributed by atoms with Gasteiger partial charge in [-0.25, -0.2) is 0 Å². The van der Waals surface area contributed by atoms with Crippen molar-refractivity contribution < 1.29 is 0 Å². The molecule has 0 spiro atoms. The molecule has 14 heavy (non-hydrogen) atoms. The molecule has 0 unspecified atom stereocenters. The SMILES string of the molecule is C=C(CNC)CN(C)c1ccccc1. The molecule has 0 amide bonds. The molecule has 76 valence electrons. The van der Waals surface area contributed by atoms with Gasteiger partial charge in [-0.1, -0.05) is 24.8 Å². The quantitative estimate of drug-likeness (QED) is 0.713. The van der Waals surface area contributed by atoms with Gasteiger partial charge in [-0.05, 0) is 24.8 Å². The van der Waals surface area contributed by atoms with Crippen molar-refractivity contribution in [3.63, 3.8) is 0 Å². The molecule has 1 aromatic carbocycles. The van der Waals surface area contributed by atoms with E-state index in [0.717, 1.165) is 13.1 Å². The summed E-state index contributed by atoms with van der Waals surface area (Å²) in [6.45, 7) is 5.77. The number of nitrogens with zero attached hydrogens (tertiary/aromatic N) is 1. The van der Waals surface area contributed by atoms with Crippen LogP contribution < -0.4 is 10.2 Å². The van der Waals surface area contributed by atoms with Crippen LogP contribution in [0.15, 0.2) is 42.5 Å². The van der Waals surface area contributed by atoms with Gasteiger partial charge in [0.05, 0.1) is 0 Å². The number of nitrogens with one attached hydrogen (secondary N) is 1. The van der Waals surface area contributed by atoms with Gasteiger partial charge < -0.3 is 10.2 Å². The highest BCUT2D eigenvalue weighted by atomic mass is 15.1. The lowest BCUT2D eigenvalue weighted by Crippen LogP contribution is -2.24. The molecule has 0 aliphatic heterocycles. The molecule has 1 N–H and O–H groups in total. The smallest absolute Gasteiger partial charge is 0.0395 e. The Labute approximate surface area is 86.2 Å². The molecule has 1 rings (SSSR count). The third-order valence-electron chi connectivity index (χ3n) is 2.08. The number of benzene rings is 1. The molecule has 0 aliphatic carbocycles. The molecular weight excluding hydrogens is 172 g/mol. The van der Waals surface area contributed by atoms with Crippen molar-refractivity contribution in [1.29, 1.82) is 0 Å². The number of hydrogen-bond donors (Lipinski definition) is 1. The van der Waals surface area contributed by atoms with Crippen LogP contribution in [0.4, 0.5) is 5.69 Å². The van der Waals surface area contributed by atoms with Crippen LogP contribution >= 0.6 is 0 Å². The normalized spacial score (nSPS) is 9.86. The zero-order chi connectivity index (χ0) is 10.4. The predicted octanol–water partition coefficient (Wildman–Crippen LogP) is 1.90. The van der Waals surface area contributed by atoms with Crippen LogP contribution in [0.3, 0.4) is 0 Å². The summed E-state index contributed by atoms with van der Waals surface area (Å²) in [5, 5.41) is 3.10. The van der Waals surface area contributed by atoms with Crippen LogP contribution in [-0.4, -0.2) is 27.2 Å². The van der Waals surface area contributed by atoms with Crippen molar-refractivity contribution >= 4 is 5.69 Å². The third kappa shape index (κ3) is 3.23. The van der Waals surface area contributed by atoms with E-state index in [1.165, 1.54) is 11.3 Å². The molecule has 0 radical (unpaired) electrons. The molecule has 0 aromatic heterocycles. The number of hydrogen-bond acceptors (Lipinski definition) is 2. The number of anilines is 1. The summed E-state index contributed by atoms with van der Waals surface area (Å²) in [5.74, 6) is 0. The number of para-hydroxylation sites is 1. The number of likely N-dealkylation sites (N-methyl/N-ethyl adjacent to an activating group) is 2. The highest BCUT2D eigenvalue weighted by Crippen LogP contribution is 2.11. The zero-order valence-corrected chi connectivity index (χ0v) is 8.96. The lowest BCUT2D eigenvalue weighted by atomic mass is 10.2. The monoisotopic (exact) mass is 190 g/mol. The Morgan fingerprint density at radius 3 is 2.57 bits per heavy atom. The van der Waals surface area contributed by atoms with Crippen LogP contribution in [-0.2, 0) is 0 Å². The highest BCUT2D eigenvalue weighted by Gasteiger charge is 2.00. The maximum atomic E-state index is 4.01. The van der Waals surface area contributed by atoms with E-state index in [-0.39, 0.29) is 0 Å². The highest BCUT2D eigenvalue weighted by molar-refractivity contribution is 5.46. The van der Waals surface area contributed by atoms with Crippen LogP contribution in [0.5, 0.6) is 0 Å². The predicted molar refractivity (Wildman–Crippen MR) is 62.8 cm³/mol. The fourth-order valence-corrected chi connectivity index (χ4v) is 1.42. The maximum absolute atomic E-state index is 4.01. The van der Waals surface area contributed by atoms with Crippen molar-refractivity contribution in [3.8, 4) is 0 Å². The fourth-order valence-electron chi connectivity index (χ4n) is 1.42. The largest absolute Gasteiger partial charge is 0.371 e. The van der Waals surface area contributed by atoms with E-state index in [9.17, 15) is 0 Å². The average molecular weight is 190 g/mol. The van der Waals surface area contributed by atoms with Crippen molar-refractivity contribution in [3.05, 3.63) is 42.5 Å². The van der Waals surface area contributed by atoms with Gasteiger partial charge in [-0.3, -0.25) is 0 Å². The van der Waals surface area contributed by atoms with E-state index in [2.05, 4.69) is 36.0 Å². The molecule has 0 bridgehead atoms. The van der Waals surface area contributed by atoms with Gasteiger partial charge in [0, 0.05) is 25.8 Å². The van der Waals surface area contributed by atoms with Gasteiger partial charge in [-0.2, -0.15) is 0 Å². The Hall–Kier alpha value is -1.28. The first-order valence-electron chi connectivity index (χ1n) is 4.81. The first-order chi connectivity index (χ1) is 6.74. The molecule has 0 atom stereocenters. The summed E-state index contributed by atoms with van der Waals surface area (Å²) in [7, 11) is 4.02. The molecule has 0 saturated heterocycles. The van der Waals surface area contributed by atoms with E-state index in [0.29, 0.717) is 0 Å². The van der Waals surface area contributed by atoms with Gasteiger partial charge in [0.2, 0.25) is 0 Å². The fraction of sp³-hybridized carbons (Fsp3) is 0.333. The van der Waals surface area contributed by atoms with Gasteiger partial charge >= 0.3 is 0 Å². The Morgan fingerprint density at radius 1 is 1.36 bits per heavy atom. The van der Waals surface area contributed by atoms with Crippen molar-refractivity contribution in [2.24, 2.45) is 0 Å². The third-order valence-corrected chi connectivity index (χ3v) is 2.08. The minimum Gasteiger partial charge on any atom is -0.371 e. The summed E-state index contributed by atoms with van der Waals surface area (Å²) >= 11 is 0. The molecule has 0 fully saturated rings. The molecular formula is C12H18N2. The van der Waals surface area contributed by atoms with E-state index in [1.807, 2.05) is 25.2 Å². The van der Waals surface area contributed by atoms with E-state index >= 15 is 0 Å².